The minimum absolute atomic E-state index is 0.0102. The van der Waals surface area contributed by atoms with Crippen LogP contribution in [0.5, 0.6) is 0 Å². The Morgan fingerprint density at radius 1 is 1.21 bits per heavy atom. The fraction of sp³-hybridized carbons (Fsp3) is 0.300. The number of hydrogen-bond donors (Lipinski definition) is 1. The summed E-state index contributed by atoms with van der Waals surface area (Å²) < 4.78 is 1.70. The van der Waals surface area contributed by atoms with Gasteiger partial charge >= 0.3 is 0 Å². The van der Waals surface area contributed by atoms with Gasteiger partial charge in [-0.3, -0.25) is 14.2 Å². The summed E-state index contributed by atoms with van der Waals surface area (Å²) in [5, 5.41) is 1.75. The molecule has 0 aliphatic heterocycles. The average molecular weight is 413 g/mol. The normalized spacial score (nSPS) is 12.7. The number of benzene rings is 1. The molecule has 0 radical (unpaired) electrons. The summed E-state index contributed by atoms with van der Waals surface area (Å²) in [6.45, 7) is 8.41. The van der Waals surface area contributed by atoms with Gasteiger partial charge in [-0.25, -0.2) is 9.97 Å². The fourth-order valence-corrected chi connectivity index (χ4v) is 5.29. The molecule has 1 N–H and O–H groups in total. The highest BCUT2D eigenvalue weighted by molar-refractivity contribution is 7.99. The van der Waals surface area contributed by atoms with E-state index < -0.39 is 0 Å². The van der Waals surface area contributed by atoms with E-state index in [0.29, 0.717) is 33.8 Å². The summed E-state index contributed by atoms with van der Waals surface area (Å²) in [6, 6.07) is 7.27. The van der Waals surface area contributed by atoms with Crippen LogP contribution in [0.25, 0.3) is 21.1 Å². The summed E-state index contributed by atoms with van der Waals surface area (Å²) in [5.74, 6) is 0.573. The molecule has 1 aromatic carbocycles. The van der Waals surface area contributed by atoms with Gasteiger partial charge in [0.15, 0.2) is 5.16 Å². The van der Waals surface area contributed by atoms with Gasteiger partial charge in [0, 0.05) is 11.4 Å². The van der Waals surface area contributed by atoms with Gasteiger partial charge in [0.25, 0.3) is 11.1 Å². The number of thiophene rings is 1. The molecule has 4 aromatic rings. The topological polar surface area (TPSA) is 80.6 Å². The lowest BCUT2D eigenvalue weighted by molar-refractivity contribution is 0.633. The van der Waals surface area contributed by atoms with Gasteiger partial charge in [0.2, 0.25) is 0 Å². The third kappa shape index (κ3) is 3.06. The largest absolute Gasteiger partial charge is 0.309 e. The van der Waals surface area contributed by atoms with Crippen molar-refractivity contribution >= 4 is 44.2 Å². The third-order valence-electron chi connectivity index (χ3n) is 4.87. The van der Waals surface area contributed by atoms with Crippen molar-refractivity contribution < 1.29 is 0 Å². The minimum Gasteiger partial charge on any atom is -0.309 e. The van der Waals surface area contributed by atoms with Crippen LogP contribution in [0.3, 0.4) is 0 Å². The Morgan fingerprint density at radius 3 is 2.71 bits per heavy atom. The second kappa shape index (κ2) is 7.18. The summed E-state index contributed by atoms with van der Waals surface area (Å²) in [6.07, 6.45) is 0. The zero-order chi connectivity index (χ0) is 20.0. The quantitative estimate of drug-likeness (QED) is 0.402. The second-order valence-corrected chi connectivity index (χ2v) is 9.15. The predicted molar refractivity (Wildman–Crippen MR) is 116 cm³/mol. The van der Waals surface area contributed by atoms with Crippen molar-refractivity contribution in [2.75, 3.05) is 0 Å². The molecule has 8 heteroatoms. The van der Waals surface area contributed by atoms with Gasteiger partial charge in [0.1, 0.15) is 10.7 Å². The van der Waals surface area contributed by atoms with Crippen molar-refractivity contribution in [2.24, 2.45) is 0 Å². The number of aromatic amines is 1. The molecule has 3 heterocycles. The van der Waals surface area contributed by atoms with E-state index in [-0.39, 0.29) is 16.4 Å². The van der Waals surface area contributed by atoms with Gasteiger partial charge < -0.3 is 4.98 Å². The molecule has 0 spiro atoms. The summed E-state index contributed by atoms with van der Waals surface area (Å²) in [5.41, 5.74) is 1.50. The Hall–Kier alpha value is -2.45. The van der Waals surface area contributed by atoms with Crippen LogP contribution in [0.1, 0.15) is 35.4 Å². The van der Waals surface area contributed by atoms with Crippen LogP contribution in [-0.4, -0.2) is 19.5 Å². The van der Waals surface area contributed by atoms with Crippen LogP contribution < -0.4 is 11.1 Å². The molecule has 1 atom stereocenters. The van der Waals surface area contributed by atoms with Crippen molar-refractivity contribution in [3.63, 3.8) is 0 Å². The number of nitrogens with one attached hydrogen (secondary N) is 1. The van der Waals surface area contributed by atoms with E-state index in [0.717, 1.165) is 15.3 Å². The number of thioether (sulfide) groups is 1. The molecule has 0 fully saturated rings. The van der Waals surface area contributed by atoms with E-state index in [1.54, 1.807) is 22.0 Å². The number of aryl methyl sites for hydroxylation is 2. The van der Waals surface area contributed by atoms with E-state index in [1.807, 2.05) is 45.9 Å². The molecule has 1 unspecified atom stereocenters. The molecule has 6 nitrogen and oxygen atoms in total. The van der Waals surface area contributed by atoms with Crippen LogP contribution in [0.4, 0.5) is 0 Å². The Balaban J connectivity index is 1.79. The second-order valence-electron chi connectivity index (χ2n) is 6.64. The Labute approximate surface area is 169 Å². The molecule has 0 bridgehead atoms. The molecule has 3 aromatic heterocycles. The molecule has 0 aliphatic carbocycles. The zero-order valence-electron chi connectivity index (χ0n) is 16.1. The lowest BCUT2D eigenvalue weighted by Crippen LogP contribution is -2.22. The first kappa shape index (κ1) is 18.9. The summed E-state index contributed by atoms with van der Waals surface area (Å²) >= 11 is 2.98. The lowest BCUT2D eigenvalue weighted by Gasteiger charge is -2.14. The number of fused-ring (bicyclic) bond motifs is 2. The van der Waals surface area contributed by atoms with Gasteiger partial charge in [-0.15, -0.1) is 11.3 Å². The fourth-order valence-electron chi connectivity index (χ4n) is 3.19. The molecule has 0 saturated carbocycles. The smallest absolute Gasteiger partial charge is 0.263 e. The molecule has 4 rings (SSSR count). The highest BCUT2D eigenvalue weighted by Gasteiger charge is 2.19. The SMILES string of the molecule is CCn1c(SC(C)c2nc3ccccc3c(=O)[nH]2)nc2sc(C)c(C)c2c1=O. The van der Waals surface area contributed by atoms with Crippen LogP contribution >= 0.6 is 23.1 Å². The molecule has 144 valence electrons. The maximum absolute atomic E-state index is 13.0. The van der Waals surface area contributed by atoms with E-state index in [2.05, 4.69) is 9.97 Å². The van der Waals surface area contributed by atoms with Crippen LogP contribution in [0, 0.1) is 13.8 Å². The maximum atomic E-state index is 13.0. The molecular weight excluding hydrogens is 392 g/mol. The first-order valence-corrected chi connectivity index (χ1v) is 10.8. The van der Waals surface area contributed by atoms with Gasteiger partial charge in [-0.1, -0.05) is 23.9 Å². The van der Waals surface area contributed by atoms with Crippen molar-refractivity contribution in [2.45, 2.75) is 44.6 Å². The predicted octanol–water partition coefficient (Wildman–Crippen LogP) is 4.18. The van der Waals surface area contributed by atoms with Crippen molar-refractivity contribution in [3.05, 3.63) is 61.2 Å². The molecule has 28 heavy (non-hydrogen) atoms. The first-order chi connectivity index (χ1) is 13.4. The van der Waals surface area contributed by atoms with E-state index >= 15 is 0 Å². The average Bonchev–Trinajstić information content (AvgIpc) is 2.96. The van der Waals surface area contributed by atoms with E-state index in [1.165, 1.54) is 11.8 Å². The Bertz CT molecular complexity index is 1320. The van der Waals surface area contributed by atoms with E-state index in [4.69, 9.17) is 4.98 Å². The Morgan fingerprint density at radius 2 is 1.96 bits per heavy atom. The van der Waals surface area contributed by atoms with E-state index in [9.17, 15) is 9.59 Å². The number of para-hydroxylation sites is 1. The van der Waals surface area contributed by atoms with Crippen LogP contribution in [0.15, 0.2) is 39.0 Å². The number of hydrogen-bond acceptors (Lipinski definition) is 6. The van der Waals surface area contributed by atoms with Crippen LogP contribution in [0.2, 0.25) is 0 Å². The standard InChI is InChI=1S/C20H20N4O2S2/c1-5-24-19(26)15-10(2)11(3)27-18(15)23-20(24)28-12(4)16-21-14-9-7-6-8-13(14)17(25)22-16/h6-9,12H,5H2,1-4H3,(H,21,22,25). The zero-order valence-corrected chi connectivity index (χ0v) is 17.7. The van der Waals surface area contributed by atoms with Crippen LogP contribution in [-0.2, 0) is 6.54 Å². The number of aromatic nitrogens is 4. The third-order valence-corrected chi connectivity index (χ3v) is 7.07. The monoisotopic (exact) mass is 412 g/mol. The van der Waals surface area contributed by atoms with Gasteiger partial charge in [0.05, 0.1) is 21.5 Å². The van der Waals surface area contributed by atoms with Gasteiger partial charge in [-0.05, 0) is 45.4 Å². The Kier molecular flexibility index (Phi) is 4.84. The highest BCUT2D eigenvalue weighted by Crippen LogP contribution is 2.34. The molecule has 0 aliphatic rings. The minimum atomic E-state index is -0.165. The maximum Gasteiger partial charge on any atom is 0.263 e. The molecule has 0 amide bonds. The van der Waals surface area contributed by atoms with Crippen molar-refractivity contribution in [3.8, 4) is 0 Å². The highest BCUT2D eigenvalue weighted by atomic mass is 32.2. The van der Waals surface area contributed by atoms with Crippen molar-refractivity contribution in [1.82, 2.24) is 19.5 Å². The van der Waals surface area contributed by atoms with Crippen molar-refractivity contribution in [1.29, 1.82) is 0 Å². The lowest BCUT2D eigenvalue weighted by atomic mass is 10.2. The van der Waals surface area contributed by atoms with Gasteiger partial charge in [-0.2, -0.15) is 0 Å². The number of H-pyrrole nitrogens is 1. The summed E-state index contributed by atoms with van der Waals surface area (Å²) in [7, 11) is 0. The number of nitrogens with zero attached hydrogens (tertiary/aromatic N) is 3. The first-order valence-electron chi connectivity index (χ1n) is 9.06. The number of rotatable bonds is 4. The molecule has 0 saturated heterocycles. The molecular formula is C20H20N4O2S2. The summed E-state index contributed by atoms with van der Waals surface area (Å²) in [4.78, 5) is 39.5.